The van der Waals surface area contributed by atoms with Crippen LogP contribution in [0.1, 0.15) is 41.5 Å². The van der Waals surface area contributed by atoms with E-state index in [0.29, 0.717) is 0 Å². The Kier molecular flexibility index (Phi) is 3.06. The van der Waals surface area contributed by atoms with Gasteiger partial charge in [0.05, 0.1) is 0 Å². The molecule has 0 saturated carbocycles. The number of hydrogen-bond donors (Lipinski definition) is 0. The molecule has 0 aromatic carbocycles. The summed E-state index contributed by atoms with van der Waals surface area (Å²) in [5.74, 6) is 0. The maximum absolute atomic E-state index is 2.23. The first kappa shape index (κ1) is 12.1. The molecule has 3 nitrogen and oxygen atoms in total. The number of rotatable bonds is 0. The molecule has 0 amide bonds. The van der Waals surface area contributed by atoms with Crippen LogP contribution in [-0.4, -0.2) is 47.8 Å². The minimum absolute atomic E-state index is 0.130. The van der Waals surface area contributed by atoms with Crippen molar-refractivity contribution in [2.75, 3.05) is 7.05 Å². The van der Waals surface area contributed by atoms with Crippen LogP contribution in [0.15, 0.2) is 0 Å². The average Bonchev–Trinajstić information content (AvgIpc) is 2.27. The Bertz CT molecular complexity index is 207. The third-order valence-corrected chi connectivity index (χ3v) is 2.33. The molecule has 0 aromatic heterocycles. The van der Waals surface area contributed by atoms with Gasteiger partial charge in [-0.3, -0.25) is 9.84 Å². The zero-order chi connectivity index (χ0) is 11.1. The van der Waals surface area contributed by atoms with Crippen molar-refractivity contribution in [1.29, 1.82) is 0 Å². The molecule has 2 radical (unpaired) electrons. The highest BCUT2D eigenvalue weighted by Crippen LogP contribution is 2.23. The molecule has 5 heteroatoms. The lowest BCUT2D eigenvalue weighted by Crippen LogP contribution is -2.50. The van der Waals surface area contributed by atoms with Gasteiger partial charge in [0.15, 0.2) is 0 Å². The van der Waals surface area contributed by atoms with Crippen LogP contribution in [-0.2, 0) is 0 Å². The van der Waals surface area contributed by atoms with Crippen LogP contribution >= 0.6 is 0 Å². The van der Waals surface area contributed by atoms with E-state index >= 15 is 0 Å². The Morgan fingerprint density at radius 2 is 1.29 bits per heavy atom. The summed E-state index contributed by atoms with van der Waals surface area (Å²) in [4.78, 5) is 4.36. The SMILES string of the molecule is CN1[B]N(C(C)(C)C)[B]N1C(C)(C)C. The van der Waals surface area contributed by atoms with E-state index in [4.69, 9.17) is 0 Å². The Morgan fingerprint density at radius 3 is 1.50 bits per heavy atom. The second-order valence-electron chi connectivity index (χ2n) is 5.90. The van der Waals surface area contributed by atoms with Crippen molar-refractivity contribution < 1.29 is 0 Å². The van der Waals surface area contributed by atoms with Gasteiger partial charge in [0.1, 0.15) is 0 Å². The van der Waals surface area contributed by atoms with E-state index in [-0.39, 0.29) is 11.1 Å². The minimum atomic E-state index is 0.130. The highest BCUT2D eigenvalue weighted by Gasteiger charge is 2.39. The maximum atomic E-state index is 2.23. The standard InChI is InChI=1S/C9H21B2N3/c1-8(2,3)13-10-12(7)14(11-13)9(4,5)6/h1-7H3. The Balaban J connectivity index is 2.70. The first-order chi connectivity index (χ1) is 6.12. The van der Waals surface area contributed by atoms with E-state index in [0.717, 1.165) is 0 Å². The van der Waals surface area contributed by atoms with Crippen LogP contribution in [0.4, 0.5) is 0 Å². The molecule has 1 fully saturated rings. The third-order valence-electron chi connectivity index (χ3n) is 2.33. The Morgan fingerprint density at radius 1 is 0.786 bits per heavy atom. The van der Waals surface area contributed by atoms with Crippen molar-refractivity contribution in [3.05, 3.63) is 0 Å². The summed E-state index contributed by atoms with van der Waals surface area (Å²) in [6.45, 7) is 13.3. The van der Waals surface area contributed by atoms with Gasteiger partial charge in [0, 0.05) is 5.54 Å². The van der Waals surface area contributed by atoms with Crippen molar-refractivity contribution in [3.8, 4) is 0 Å². The summed E-state index contributed by atoms with van der Waals surface area (Å²) in [6, 6.07) is 0. The van der Waals surface area contributed by atoms with Crippen molar-refractivity contribution in [2.24, 2.45) is 0 Å². The Hall–Kier alpha value is 0.00987. The first-order valence-corrected chi connectivity index (χ1v) is 5.13. The van der Waals surface area contributed by atoms with Gasteiger partial charge >= 0.3 is 15.1 Å². The van der Waals surface area contributed by atoms with E-state index in [1.165, 1.54) is 0 Å². The van der Waals surface area contributed by atoms with Gasteiger partial charge in [0.25, 0.3) is 0 Å². The molecule has 1 rings (SSSR count). The van der Waals surface area contributed by atoms with Crippen molar-refractivity contribution in [1.82, 2.24) is 14.6 Å². The molecule has 0 unspecified atom stereocenters. The molecule has 1 heterocycles. The van der Waals surface area contributed by atoms with Gasteiger partial charge in [-0.2, -0.15) is 0 Å². The van der Waals surface area contributed by atoms with Crippen LogP contribution in [0, 0.1) is 0 Å². The predicted octanol–water partition coefficient (Wildman–Crippen LogP) is 1.12. The quantitative estimate of drug-likeness (QED) is 0.533. The van der Waals surface area contributed by atoms with E-state index in [1.54, 1.807) is 0 Å². The van der Waals surface area contributed by atoms with Gasteiger partial charge in [-0.1, -0.05) is 0 Å². The van der Waals surface area contributed by atoms with Crippen LogP contribution in [0.2, 0.25) is 0 Å². The van der Waals surface area contributed by atoms with Crippen LogP contribution in [0.25, 0.3) is 0 Å². The lowest BCUT2D eigenvalue weighted by atomic mass is 9.86. The molecule has 1 saturated heterocycles. The summed E-state index contributed by atoms with van der Waals surface area (Å²) < 4.78 is 2.23. The van der Waals surface area contributed by atoms with Crippen LogP contribution in [0.5, 0.6) is 0 Å². The molecule has 0 spiro atoms. The summed E-state index contributed by atoms with van der Waals surface area (Å²) in [5, 5.41) is 0. The maximum Gasteiger partial charge on any atom is 0.317 e. The van der Waals surface area contributed by atoms with Gasteiger partial charge in [-0.15, -0.1) is 0 Å². The van der Waals surface area contributed by atoms with E-state index in [2.05, 4.69) is 78.3 Å². The summed E-state index contributed by atoms with van der Waals surface area (Å²) in [7, 11) is 6.37. The molecule has 0 N–H and O–H groups in total. The second kappa shape index (κ2) is 3.54. The highest BCUT2D eigenvalue weighted by molar-refractivity contribution is 6.51. The lowest BCUT2D eigenvalue weighted by Gasteiger charge is -2.37. The molecule has 14 heavy (non-hydrogen) atoms. The molecular weight excluding hydrogens is 172 g/mol. The summed E-state index contributed by atoms with van der Waals surface area (Å²) in [5.41, 5.74) is 0.277. The molecule has 0 atom stereocenters. The van der Waals surface area contributed by atoms with Gasteiger partial charge < -0.3 is 4.72 Å². The zero-order valence-corrected chi connectivity index (χ0v) is 10.5. The highest BCUT2D eigenvalue weighted by atomic mass is 15.6. The van der Waals surface area contributed by atoms with E-state index in [9.17, 15) is 0 Å². The van der Waals surface area contributed by atoms with E-state index < -0.39 is 0 Å². The fourth-order valence-corrected chi connectivity index (χ4v) is 1.46. The molecule has 1 aliphatic rings. The molecule has 0 aliphatic carbocycles. The fourth-order valence-electron chi connectivity index (χ4n) is 1.46. The number of nitrogens with zero attached hydrogens (tertiary/aromatic N) is 3. The number of hydrazine groups is 1. The molecular formula is C9H21B2N3. The van der Waals surface area contributed by atoms with Gasteiger partial charge in [-0.25, -0.2) is 0 Å². The minimum Gasteiger partial charge on any atom is -0.357 e. The molecule has 78 valence electrons. The summed E-state index contributed by atoms with van der Waals surface area (Å²) >= 11 is 0. The summed E-state index contributed by atoms with van der Waals surface area (Å²) in [6.07, 6.45) is 0. The van der Waals surface area contributed by atoms with Gasteiger partial charge in [-0.05, 0) is 54.1 Å². The monoisotopic (exact) mass is 193 g/mol. The van der Waals surface area contributed by atoms with E-state index in [1.807, 2.05) is 0 Å². The number of hydrogen-bond acceptors (Lipinski definition) is 3. The van der Waals surface area contributed by atoms with Crippen molar-refractivity contribution in [3.63, 3.8) is 0 Å². The van der Waals surface area contributed by atoms with Crippen LogP contribution in [0.3, 0.4) is 0 Å². The zero-order valence-electron chi connectivity index (χ0n) is 10.5. The second-order valence-corrected chi connectivity index (χ2v) is 5.90. The van der Waals surface area contributed by atoms with Crippen molar-refractivity contribution >= 4 is 15.1 Å². The molecule has 0 bridgehead atoms. The Labute approximate surface area is 90.0 Å². The van der Waals surface area contributed by atoms with Crippen LogP contribution < -0.4 is 0 Å². The third kappa shape index (κ3) is 2.53. The largest absolute Gasteiger partial charge is 0.357 e. The van der Waals surface area contributed by atoms with Crippen molar-refractivity contribution in [2.45, 2.75) is 52.6 Å². The molecule has 1 aliphatic heterocycles. The fraction of sp³-hybridized carbons (Fsp3) is 1.00. The smallest absolute Gasteiger partial charge is 0.317 e. The average molecular weight is 193 g/mol. The topological polar surface area (TPSA) is 9.72 Å². The predicted molar refractivity (Wildman–Crippen MR) is 62.5 cm³/mol. The van der Waals surface area contributed by atoms with Gasteiger partial charge in [0.2, 0.25) is 0 Å². The molecule has 0 aromatic rings. The normalized spacial score (nSPS) is 22.2. The lowest BCUT2D eigenvalue weighted by molar-refractivity contribution is 0.0990. The first-order valence-electron chi connectivity index (χ1n) is 5.13.